The van der Waals surface area contributed by atoms with Crippen LogP contribution in [0.5, 0.6) is 0 Å². The van der Waals surface area contributed by atoms with Crippen molar-refractivity contribution in [3.05, 3.63) is 60.4 Å². The molecule has 0 spiro atoms. The number of aromatic nitrogens is 3. The highest BCUT2D eigenvalue weighted by molar-refractivity contribution is 7.99. The molecule has 1 amide bonds. The van der Waals surface area contributed by atoms with Crippen LogP contribution in [0, 0.1) is 5.82 Å². The summed E-state index contributed by atoms with van der Waals surface area (Å²) in [6, 6.07) is 15.8. The summed E-state index contributed by atoms with van der Waals surface area (Å²) >= 11 is 1.30. The number of hydrogen-bond donors (Lipinski definition) is 1. The number of hydrogen-bond acceptors (Lipinski definition) is 4. The lowest BCUT2D eigenvalue weighted by Crippen LogP contribution is -2.31. The molecule has 3 aromatic rings. The van der Waals surface area contributed by atoms with E-state index in [2.05, 4.69) is 15.5 Å². The van der Waals surface area contributed by atoms with Crippen LogP contribution in [-0.4, -0.2) is 32.5 Å². The molecule has 0 radical (unpaired) electrons. The second-order valence-electron chi connectivity index (χ2n) is 5.99. The Labute approximate surface area is 155 Å². The Morgan fingerprint density at radius 2 is 1.81 bits per heavy atom. The molecule has 0 aliphatic heterocycles. The smallest absolute Gasteiger partial charge is 0.230 e. The second kappa shape index (κ2) is 8.14. The van der Waals surface area contributed by atoms with Crippen molar-refractivity contribution in [1.29, 1.82) is 0 Å². The molecule has 5 nitrogen and oxygen atoms in total. The molecule has 7 heteroatoms. The highest BCUT2D eigenvalue weighted by atomic mass is 32.2. The topological polar surface area (TPSA) is 59.8 Å². The van der Waals surface area contributed by atoms with Crippen molar-refractivity contribution in [1.82, 2.24) is 20.1 Å². The van der Waals surface area contributed by atoms with Gasteiger partial charge in [0.25, 0.3) is 0 Å². The van der Waals surface area contributed by atoms with E-state index in [1.54, 1.807) is 12.1 Å². The molecule has 2 aromatic carbocycles. The average molecular weight is 370 g/mol. The van der Waals surface area contributed by atoms with Crippen molar-refractivity contribution in [2.75, 3.05) is 5.75 Å². The molecule has 0 unspecified atom stereocenters. The van der Waals surface area contributed by atoms with E-state index in [9.17, 15) is 9.18 Å². The lowest BCUT2D eigenvalue weighted by Gasteiger charge is -2.11. The summed E-state index contributed by atoms with van der Waals surface area (Å²) in [5.74, 6) is 0.490. The molecule has 1 aromatic heterocycles. The van der Waals surface area contributed by atoms with Crippen molar-refractivity contribution < 1.29 is 9.18 Å². The molecule has 0 aliphatic carbocycles. The molecule has 0 fully saturated rings. The zero-order chi connectivity index (χ0) is 18.5. The molecule has 0 atom stereocenters. The summed E-state index contributed by atoms with van der Waals surface area (Å²) in [5, 5.41) is 12.0. The summed E-state index contributed by atoms with van der Waals surface area (Å²) in [4.78, 5) is 12.0. The molecule has 0 saturated carbocycles. The fourth-order valence-electron chi connectivity index (χ4n) is 2.45. The Morgan fingerprint density at radius 1 is 1.12 bits per heavy atom. The number of rotatable bonds is 6. The molecule has 0 bridgehead atoms. The molecule has 3 rings (SSSR count). The van der Waals surface area contributed by atoms with Crippen LogP contribution in [0.4, 0.5) is 4.39 Å². The molecule has 1 N–H and O–H groups in total. The zero-order valence-corrected chi connectivity index (χ0v) is 15.3. The van der Waals surface area contributed by atoms with Crippen LogP contribution < -0.4 is 5.32 Å². The maximum atomic E-state index is 13.3. The normalized spacial score (nSPS) is 10.9. The lowest BCUT2D eigenvalue weighted by molar-refractivity contribution is -0.119. The summed E-state index contributed by atoms with van der Waals surface area (Å²) in [6.45, 7) is 3.83. The van der Waals surface area contributed by atoms with E-state index in [0.29, 0.717) is 11.0 Å². The van der Waals surface area contributed by atoms with Crippen molar-refractivity contribution in [2.45, 2.75) is 25.0 Å². The van der Waals surface area contributed by atoms with E-state index >= 15 is 0 Å². The first-order valence-corrected chi connectivity index (χ1v) is 9.22. The maximum Gasteiger partial charge on any atom is 0.230 e. The van der Waals surface area contributed by atoms with Crippen LogP contribution in [0.2, 0.25) is 0 Å². The number of carbonyl (C=O) groups is 1. The van der Waals surface area contributed by atoms with Crippen molar-refractivity contribution >= 4 is 17.7 Å². The SMILES string of the molecule is CC(C)NC(=O)CSc1nnc(-c2ccccc2)n1-c1ccc(F)cc1. The standard InChI is InChI=1S/C19H19FN4OS/c1-13(2)21-17(25)12-26-19-23-22-18(14-6-4-3-5-7-14)24(19)16-10-8-15(20)9-11-16/h3-11,13H,12H2,1-2H3,(H,21,25). The van der Waals surface area contributed by atoms with E-state index < -0.39 is 0 Å². The first-order valence-electron chi connectivity index (χ1n) is 8.23. The number of thioether (sulfide) groups is 1. The van der Waals surface area contributed by atoms with E-state index in [0.717, 1.165) is 11.3 Å². The van der Waals surface area contributed by atoms with Crippen LogP contribution in [0.25, 0.3) is 17.1 Å². The monoisotopic (exact) mass is 370 g/mol. The third kappa shape index (κ3) is 4.29. The molecule has 0 saturated heterocycles. The van der Waals surface area contributed by atoms with E-state index in [1.807, 2.05) is 48.7 Å². The minimum Gasteiger partial charge on any atom is -0.353 e. The molecule has 1 heterocycles. The van der Waals surface area contributed by atoms with Crippen molar-refractivity contribution in [3.63, 3.8) is 0 Å². The van der Waals surface area contributed by atoms with Crippen LogP contribution >= 0.6 is 11.8 Å². The number of nitrogens with one attached hydrogen (secondary N) is 1. The van der Waals surface area contributed by atoms with Gasteiger partial charge in [-0.25, -0.2) is 4.39 Å². The molecular formula is C19H19FN4OS. The molecular weight excluding hydrogens is 351 g/mol. The van der Waals surface area contributed by atoms with Gasteiger partial charge >= 0.3 is 0 Å². The number of benzene rings is 2. The first-order chi connectivity index (χ1) is 12.5. The van der Waals surface area contributed by atoms with Gasteiger partial charge in [0, 0.05) is 17.3 Å². The summed E-state index contributed by atoms with van der Waals surface area (Å²) in [7, 11) is 0. The zero-order valence-electron chi connectivity index (χ0n) is 14.5. The van der Waals surface area contributed by atoms with Gasteiger partial charge in [0.15, 0.2) is 11.0 Å². The minimum atomic E-state index is -0.311. The summed E-state index contributed by atoms with van der Waals surface area (Å²) < 4.78 is 15.2. The van der Waals surface area contributed by atoms with Crippen molar-refractivity contribution in [2.24, 2.45) is 0 Å². The Morgan fingerprint density at radius 3 is 2.46 bits per heavy atom. The van der Waals surface area contributed by atoms with Gasteiger partial charge in [-0.15, -0.1) is 10.2 Å². The van der Waals surface area contributed by atoms with Gasteiger partial charge in [-0.3, -0.25) is 9.36 Å². The fourth-order valence-corrected chi connectivity index (χ4v) is 3.22. The summed E-state index contributed by atoms with van der Waals surface area (Å²) in [5.41, 5.74) is 1.63. The quantitative estimate of drug-likeness (QED) is 0.672. The van der Waals surface area contributed by atoms with Gasteiger partial charge in [0.05, 0.1) is 5.75 Å². The molecule has 134 valence electrons. The lowest BCUT2D eigenvalue weighted by atomic mass is 10.2. The van der Waals surface area contributed by atoms with Gasteiger partial charge in [-0.2, -0.15) is 0 Å². The Bertz CT molecular complexity index is 878. The molecule has 26 heavy (non-hydrogen) atoms. The van der Waals surface area contributed by atoms with Gasteiger partial charge in [0.1, 0.15) is 5.82 Å². The Balaban J connectivity index is 1.95. The van der Waals surface area contributed by atoms with Crippen LogP contribution in [0.15, 0.2) is 59.8 Å². The van der Waals surface area contributed by atoms with E-state index in [4.69, 9.17) is 0 Å². The van der Waals surface area contributed by atoms with Crippen LogP contribution in [0.1, 0.15) is 13.8 Å². The average Bonchev–Trinajstić information content (AvgIpc) is 3.05. The minimum absolute atomic E-state index is 0.0695. The van der Waals surface area contributed by atoms with Crippen LogP contribution in [0.3, 0.4) is 0 Å². The highest BCUT2D eigenvalue weighted by Gasteiger charge is 2.17. The second-order valence-corrected chi connectivity index (χ2v) is 6.94. The van der Waals surface area contributed by atoms with Gasteiger partial charge in [-0.1, -0.05) is 42.1 Å². The van der Waals surface area contributed by atoms with Gasteiger partial charge < -0.3 is 5.32 Å². The molecule has 0 aliphatic rings. The Kier molecular flexibility index (Phi) is 5.68. The predicted molar refractivity (Wildman–Crippen MR) is 101 cm³/mol. The predicted octanol–water partition coefficient (Wildman–Crippen LogP) is 3.69. The highest BCUT2D eigenvalue weighted by Crippen LogP contribution is 2.27. The van der Waals surface area contributed by atoms with Crippen LogP contribution in [-0.2, 0) is 4.79 Å². The van der Waals surface area contributed by atoms with E-state index in [-0.39, 0.29) is 23.5 Å². The van der Waals surface area contributed by atoms with E-state index in [1.165, 1.54) is 23.9 Å². The number of amides is 1. The number of nitrogens with zero attached hydrogens (tertiary/aromatic N) is 3. The fraction of sp³-hybridized carbons (Fsp3) is 0.211. The largest absolute Gasteiger partial charge is 0.353 e. The summed E-state index contributed by atoms with van der Waals surface area (Å²) in [6.07, 6.45) is 0. The first kappa shape index (κ1) is 18.1. The van der Waals surface area contributed by atoms with Crippen molar-refractivity contribution in [3.8, 4) is 17.1 Å². The number of carbonyl (C=O) groups excluding carboxylic acids is 1. The maximum absolute atomic E-state index is 13.3. The van der Waals surface area contributed by atoms with Gasteiger partial charge in [-0.05, 0) is 38.1 Å². The van der Waals surface area contributed by atoms with Gasteiger partial charge in [0.2, 0.25) is 5.91 Å². The third-order valence-corrected chi connectivity index (χ3v) is 4.46. The number of halogens is 1. The Hall–Kier alpha value is -2.67. The third-order valence-electron chi connectivity index (χ3n) is 3.53.